The van der Waals surface area contributed by atoms with Crippen LogP contribution in [0, 0.1) is 6.92 Å². The molecule has 39 heavy (non-hydrogen) atoms. The van der Waals surface area contributed by atoms with Crippen molar-refractivity contribution in [2.45, 2.75) is 25.9 Å². The number of nitrogens with one attached hydrogen (secondary N) is 2. The van der Waals surface area contributed by atoms with Crippen molar-refractivity contribution >= 4 is 40.2 Å². The molecule has 2 aromatic heterocycles. The van der Waals surface area contributed by atoms with E-state index in [4.69, 9.17) is 0 Å². The Morgan fingerprint density at radius 3 is 2.49 bits per heavy atom. The zero-order valence-electron chi connectivity index (χ0n) is 22.1. The average molecular weight is 539 g/mol. The Hall–Kier alpha value is -4.37. The summed E-state index contributed by atoms with van der Waals surface area (Å²) in [5.74, 6) is 0.664. The number of benzene rings is 3. The molecule has 198 valence electrons. The van der Waals surface area contributed by atoms with Crippen molar-refractivity contribution in [2.24, 2.45) is 0 Å². The Morgan fingerprint density at radius 1 is 0.974 bits per heavy atom. The molecule has 0 unspecified atom stereocenters. The fourth-order valence-electron chi connectivity index (χ4n) is 4.51. The van der Waals surface area contributed by atoms with Crippen molar-refractivity contribution in [3.05, 3.63) is 90.1 Å². The van der Waals surface area contributed by atoms with Gasteiger partial charge in [0.15, 0.2) is 11.0 Å². The van der Waals surface area contributed by atoms with Crippen molar-refractivity contribution in [2.75, 3.05) is 24.2 Å². The quantitative estimate of drug-likeness (QED) is 0.227. The van der Waals surface area contributed by atoms with Crippen molar-refractivity contribution in [1.29, 1.82) is 0 Å². The molecule has 5 rings (SSSR count). The van der Waals surface area contributed by atoms with E-state index in [2.05, 4.69) is 32.6 Å². The molecule has 0 radical (unpaired) electrons. The Kier molecular flexibility index (Phi) is 7.79. The summed E-state index contributed by atoms with van der Waals surface area (Å²) >= 11 is 1.32. The molecule has 2 N–H and O–H groups in total. The van der Waals surface area contributed by atoms with Crippen LogP contribution >= 0.6 is 11.8 Å². The first-order valence-corrected chi connectivity index (χ1v) is 13.9. The molecule has 0 aliphatic carbocycles. The van der Waals surface area contributed by atoms with Crippen LogP contribution in [0.2, 0.25) is 0 Å². The summed E-state index contributed by atoms with van der Waals surface area (Å²) < 4.78 is 1.99. The maximum atomic E-state index is 12.8. The van der Waals surface area contributed by atoms with E-state index >= 15 is 0 Å². The van der Waals surface area contributed by atoms with Crippen LogP contribution in [-0.4, -0.2) is 55.3 Å². The third kappa shape index (κ3) is 5.58. The molecule has 0 spiro atoms. The molecule has 5 aromatic rings. The summed E-state index contributed by atoms with van der Waals surface area (Å²) in [6, 6.07) is 23.2. The summed E-state index contributed by atoms with van der Waals surface area (Å²) in [7, 11) is 0. The largest absolute Gasteiger partial charge is 0.360 e. The van der Waals surface area contributed by atoms with Gasteiger partial charge >= 0.3 is 0 Å². The third-order valence-electron chi connectivity index (χ3n) is 6.52. The first-order valence-electron chi connectivity index (χ1n) is 12.9. The van der Waals surface area contributed by atoms with E-state index in [1.807, 2.05) is 67.9 Å². The van der Waals surface area contributed by atoms with Crippen molar-refractivity contribution in [1.82, 2.24) is 24.6 Å². The van der Waals surface area contributed by atoms with Gasteiger partial charge in [-0.2, -0.15) is 0 Å². The van der Waals surface area contributed by atoms with Gasteiger partial charge in [0.2, 0.25) is 5.91 Å². The number of para-hydroxylation sites is 1. The molecule has 0 aliphatic heterocycles. The zero-order valence-corrected chi connectivity index (χ0v) is 23.0. The van der Waals surface area contributed by atoms with E-state index in [1.54, 1.807) is 29.2 Å². The number of H-pyrrole nitrogens is 1. The summed E-state index contributed by atoms with van der Waals surface area (Å²) in [6.07, 6.45) is 1.94. The minimum atomic E-state index is -0.171. The molecule has 2 heterocycles. The number of carbonyl (C=O) groups excluding carboxylic acids is 2. The Labute approximate surface area is 231 Å². The highest BCUT2D eigenvalue weighted by Gasteiger charge is 2.20. The molecule has 0 saturated carbocycles. The van der Waals surface area contributed by atoms with Crippen LogP contribution in [0.4, 0.5) is 5.69 Å². The van der Waals surface area contributed by atoms with E-state index in [0.717, 1.165) is 27.7 Å². The standard InChI is InChI=1S/C30H30N6O2S/c1-4-35(5-2)29(38)21-13-15-22(16-14-21)32-27(37)19-39-30-34-33-28(36(30)23-10-8-9-20(3)17-23)25-18-31-26-12-7-6-11-24(25)26/h6-18,31H,4-5,19H2,1-3H3,(H,32,37). The monoisotopic (exact) mass is 538 g/mol. The highest BCUT2D eigenvalue weighted by molar-refractivity contribution is 7.99. The Balaban J connectivity index is 1.35. The number of hydrogen-bond acceptors (Lipinski definition) is 5. The minimum absolute atomic E-state index is 0.0186. The fourth-order valence-corrected chi connectivity index (χ4v) is 5.26. The van der Waals surface area contributed by atoms with E-state index < -0.39 is 0 Å². The van der Waals surface area contributed by atoms with E-state index in [0.29, 0.717) is 35.3 Å². The van der Waals surface area contributed by atoms with Crippen LogP contribution in [0.5, 0.6) is 0 Å². The Morgan fingerprint density at radius 2 is 1.74 bits per heavy atom. The van der Waals surface area contributed by atoms with Gasteiger partial charge in [-0.1, -0.05) is 42.1 Å². The number of hydrogen-bond donors (Lipinski definition) is 2. The fraction of sp³-hybridized carbons (Fsp3) is 0.200. The number of aromatic amines is 1. The van der Waals surface area contributed by atoms with Gasteiger partial charge in [0.1, 0.15) is 0 Å². The zero-order chi connectivity index (χ0) is 27.4. The SMILES string of the molecule is CCN(CC)C(=O)c1ccc(NC(=O)CSc2nnc(-c3c[nH]c4ccccc34)n2-c2cccc(C)c2)cc1. The van der Waals surface area contributed by atoms with E-state index in [9.17, 15) is 9.59 Å². The Bertz CT molecular complexity index is 1620. The van der Waals surface area contributed by atoms with Crippen LogP contribution in [0.25, 0.3) is 28.0 Å². The predicted molar refractivity (Wildman–Crippen MR) is 156 cm³/mol. The topological polar surface area (TPSA) is 95.9 Å². The van der Waals surface area contributed by atoms with Crippen LogP contribution in [0.3, 0.4) is 0 Å². The molecule has 8 nitrogen and oxygen atoms in total. The first-order chi connectivity index (χ1) is 19.0. The molecule has 0 aliphatic rings. The second kappa shape index (κ2) is 11.6. The maximum Gasteiger partial charge on any atom is 0.253 e. The lowest BCUT2D eigenvalue weighted by Gasteiger charge is -2.18. The number of aromatic nitrogens is 4. The van der Waals surface area contributed by atoms with Gasteiger partial charge in [-0.3, -0.25) is 14.2 Å². The van der Waals surface area contributed by atoms with Gasteiger partial charge < -0.3 is 15.2 Å². The first kappa shape index (κ1) is 26.2. The van der Waals surface area contributed by atoms with Gasteiger partial charge in [0.05, 0.1) is 5.75 Å². The van der Waals surface area contributed by atoms with Crippen LogP contribution in [0.1, 0.15) is 29.8 Å². The van der Waals surface area contributed by atoms with E-state index in [-0.39, 0.29) is 17.6 Å². The number of anilines is 1. The maximum absolute atomic E-state index is 12.8. The molecule has 0 saturated heterocycles. The molecule has 0 bridgehead atoms. The molecule has 0 fully saturated rings. The summed E-state index contributed by atoms with van der Waals surface area (Å²) in [6.45, 7) is 7.26. The molecule has 9 heteroatoms. The van der Waals surface area contributed by atoms with Crippen LogP contribution in [-0.2, 0) is 4.79 Å². The number of fused-ring (bicyclic) bond motifs is 1. The summed E-state index contributed by atoms with van der Waals surface area (Å²) in [5.41, 5.74) is 5.23. The van der Waals surface area contributed by atoms with Gasteiger partial charge in [0, 0.05) is 52.7 Å². The number of thioether (sulfide) groups is 1. The summed E-state index contributed by atoms with van der Waals surface area (Å²) in [4.78, 5) is 30.5. The highest BCUT2D eigenvalue weighted by atomic mass is 32.2. The minimum Gasteiger partial charge on any atom is -0.360 e. The lowest BCUT2D eigenvalue weighted by atomic mass is 10.1. The lowest BCUT2D eigenvalue weighted by molar-refractivity contribution is -0.113. The smallest absolute Gasteiger partial charge is 0.253 e. The van der Waals surface area contributed by atoms with Gasteiger partial charge in [-0.05, 0) is 68.8 Å². The van der Waals surface area contributed by atoms with Crippen molar-refractivity contribution < 1.29 is 9.59 Å². The number of rotatable bonds is 9. The number of carbonyl (C=O) groups is 2. The summed E-state index contributed by atoms with van der Waals surface area (Å²) in [5, 5.41) is 13.6. The second-order valence-corrected chi connectivity index (χ2v) is 10.1. The number of aryl methyl sites for hydroxylation is 1. The van der Waals surface area contributed by atoms with E-state index in [1.165, 1.54) is 11.8 Å². The lowest BCUT2D eigenvalue weighted by Crippen LogP contribution is -2.30. The predicted octanol–water partition coefficient (Wildman–Crippen LogP) is 5.94. The molecular formula is C30H30N6O2S. The molecule has 2 amide bonds. The van der Waals surface area contributed by atoms with Gasteiger partial charge in [0.25, 0.3) is 5.91 Å². The molecular weight excluding hydrogens is 508 g/mol. The average Bonchev–Trinajstić information content (AvgIpc) is 3.57. The van der Waals surface area contributed by atoms with Gasteiger partial charge in [-0.25, -0.2) is 0 Å². The molecule has 0 atom stereocenters. The number of amides is 2. The van der Waals surface area contributed by atoms with Crippen LogP contribution in [0.15, 0.2) is 84.1 Å². The second-order valence-electron chi connectivity index (χ2n) is 9.12. The van der Waals surface area contributed by atoms with Crippen molar-refractivity contribution in [3.8, 4) is 17.1 Å². The third-order valence-corrected chi connectivity index (χ3v) is 7.45. The normalized spacial score (nSPS) is 11.1. The highest BCUT2D eigenvalue weighted by Crippen LogP contribution is 2.32. The van der Waals surface area contributed by atoms with Crippen molar-refractivity contribution in [3.63, 3.8) is 0 Å². The number of nitrogens with zero attached hydrogens (tertiary/aromatic N) is 4. The van der Waals surface area contributed by atoms with Crippen LogP contribution < -0.4 is 5.32 Å². The van der Waals surface area contributed by atoms with Gasteiger partial charge in [-0.15, -0.1) is 10.2 Å². The molecule has 3 aromatic carbocycles.